The molecule has 6 aromatic carbocycles. The first-order valence-electron chi connectivity index (χ1n) is 40.8. The molecule has 11 atom stereocenters. The van der Waals surface area contributed by atoms with E-state index in [1.54, 1.807) is 110 Å². The van der Waals surface area contributed by atoms with Crippen LogP contribution in [0.3, 0.4) is 0 Å². The number of methoxy groups -OCH3 is 12. The minimum atomic E-state index is -0.803. The van der Waals surface area contributed by atoms with Gasteiger partial charge in [0.1, 0.15) is 17.5 Å². The Hall–Kier alpha value is -11.1. The van der Waals surface area contributed by atoms with Crippen LogP contribution in [-0.4, -0.2) is 256 Å². The number of oxime groups is 6. The van der Waals surface area contributed by atoms with Crippen LogP contribution in [0.5, 0.6) is 69.0 Å². The number of esters is 1. The molecule has 33 nitrogen and oxygen atoms in total. The summed E-state index contributed by atoms with van der Waals surface area (Å²) in [6, 6.07) is 32.1. The van der Waals surface area contributed by atoms with Crippen molar-refractivity contribution in [1.82, 2.24) is 0 Å². The van der Waals surface area contributed by atoms with E-state index in [4.69, 9.17) is 119 Å². The molecule has 11 unspecified atom stereocenters. The molecule has 6 aromatic rings. The topological polar surface area (TPSA) is 342 Å². The van der Waals surface area contributed by atoms with Crippen molar-refractivity contribution in [3.63, 3.8) is 0 Å². The quantitative estimate of drug-likeness (QED) is 0.0736. The number of rotatable bonds is 19. The molecule has 33 heteroatoms. The lowest BCUT2D eigenvalue weighted by atomic mass is 9.82. The minimum Gasteiger partial charge on any atom is -0.493 e. The highest BCUT2D eigenvalue weighted by Gasteiger charge is 2.57. The molecule has 0 amide bonds. The second kappa shape index (κ2) is 39.2. The molecule has 123 heavy (non-hydrogen) atoms. The Morgan fingerprint density at radius 3 is 1.04 bits per heavy atom. The summed E-state index contributed by atoms with van der Waals surface area (Å²) in [5.41, 5.74) is 8.78. The zero-order valence-electron chi connectivity index (χ0n) is 72.9. The lowest BCUT2D eigenvalue weighted by Crippen LogP contribution is -2.47. The van der Waals surface area contributed by atoms with Crippen LogP contribution in [0, 0.1) is 24.7 Å². The van der Waals surface area contributed by atoms with Crippen LogP contribution in [0.25, 0.3) is 0 Å². The predicted molar refractivity (Wildman–Crippen MR) is 450 cm³/mol. The van der Waals surface area contributed by atoms with Crippen molar-refractivity contribution < 1.29 is 129 Å². The van der Waals surface area contributed by atoms with Gasteiger partial charge < -0.3 is 124 Å². The number of hydrogen-bond acceptors (Lipinski definition) is 33. The first kappa shape index (κ1) is 89.7. The van der Waals surface area contributed by atoms with Gasteiger partial charge in [0.2, 0.25) is 5.60 Å². The van der Waals surface area contributed by atoms with Gasteiger partial charge in [0.25, 0.3) is 0 Å². The number of ether oxygens (including phenoxy) is 19. The fraction of sp³-hybridized carbons (Fsp3) is 0.522. The third kappa shape index (κ3) is 18.3. The molecule has 0 aromatic heterocycles. The Morgan fingerprint density at radius 2 is 0.659 bits per heavy atom. The fourth-order valence-electron chi connectivity index (χ4n) is 16.7. The molecule has 18 rings (SSSR count). The lowest BCUT2D eigenvalue weighted by Gasteiger charge is -2.26. The number of aliphatic hydroxyl groups excluding tert-OH is 1. The van der Waals surface area contributed by atoms with Crippen LogP contribution in [0.1, 0.15) is 112 Å². The summed E-state index contributed by atoms with van der Waals surface area (Å²) in [5.74, 6) is 8.29. The summed E-state index contributed by atoms with van der Waals surface area (Å²) in [4.78, 5) is 45.3. The number of carbonyl (C=O) groups is 1. The van der Waals surface area contributed by atoms with Crippen molar-refractivity contribution >= 4 is 40.2 Å². The van der Waals surface area contributed by atoms with E-state index in [9.17, 15) is 9.90 Å². The first-order chi connectivity index (χ1) is 59.6. The molecule has 6 saturated heterocycles. The molecule has 12 heterocycles. The third-order valence-corrected chi connectivity index (χ3v) is 24.5. The summed E-state index contributed by atoms with van der Waals surface area (Å²) in [6.45, 7) is 17.0. The van der Waals surface area contributed by atoms with Crippen molar-refractivity contribution in [2.24, 2.45) is 48.7 Å². The molecule has 1 N–H and O–H groups in total. The zero-order valence-corrected chi connectivity index (χ0v) is 72.9. The molecule has 6 spiro atoms. The van der Waals surface area contributed by atoms with E-state index >= 15 is 0 Å². The van der Waals surface area contributed by atoms with Gasteiger partial charge in [-0.15, -0.1) is 0 Å². The summed E-state index contributed by atoms with van der Waals surface area (Å²) < 4.78 is 102. The van der Waals surface area contributed by atoms with E-state index < -0.39 is 23.4 Å². The number of aliphatic hydroxyl groups is 1. The van der Waals surface area contributed by atoms with Crippen LogP contribution in [-0.2, 0) is 67.0 Å². The van der Waals surface area contributed by atoms with Crippen molar-refractivity contribution in [2.45, 2.75) is 125 Å². The van der Waals surface area contributed by atoms with Gasteiger partial charge in [0.05, 0.1) is 187 Å². The number of nitrogens with zero attached hydrogens (tertiary/aromatic N) is 6. The van der Waals surface area contributed by atoms with Crippen LogP contribution >= 0.6 is 0 Å². The molecular weight excluding hydrogens is 1600 g/mol. The average molecular weight is 1710 g/mol. The second-order valence-electron chi connectivity index (χ2n) is 31.3. The Balaban J connectivity index is 0.000000127. The van der Waals surface area contributed by atoms with E-state index in [-0.39, 0.29) is 46.1 Å². The Labute approximate surface area is 715 Å². The van der Waals surface area contributed by atoms with Gasteiger partial charge in [-0.1, -0.05) is 51.7 Å². The maximum atomic E-state index is 11.5. The second-order valence-corrected chi connectivity index (χ2v) is 31.3. The SMILES string of the molecule is COc1ccc(C2=NOC3(CCOC3)C2)cc1OC.COc1ccc(C2=NOC3(CCOC3)C2C)c(C)c1OC.COc1ccc(C2=NOC3(CCOC3)C2C)cc1OC.COc1ccc(C2=NOC3(CCOC3)C2C)cc1OC.COc1ccc(C2=NOC3(CCOC3)C2O)cc1OC.COc1ccc(C2=NOC3(CCOC3)C2OC(C)=O)cc1OC. The third-order valence-electron chi connectivity index (χ3n) is 24.5. The van der Waals surface area contributed by atoms with Gasteiger partial charge in [0, 0.05) is 109 Å². The molecular formula is C90H112N6O27. The lowest BCUT2D eigenvalue weighted by molar-refractivity contribution is -0.156. The molecule has 6 fully saturated rings. The molecule has 12 aliphatic heterocycles. The standard InChI is InChI=1S/C16H19NO6.C16H21NO4.2C15H19NO4.C14H17NO5.C14H17NO4/c1-10(18)22-15-14(17-23-16(15)6-7-21-9-16)11-4-5-12(19-2)13(8-11)20-3;1-10-12(5-6-13(18-3)15(10)19-4)14-11(2)16(21-17-14)7-8-20-9-16;2*1-10-14(16-20-15(10)6-7-19-9-15)11-4-5-12(17-2)13(8-11)18-3;1-17-10-4-3-9(7-11(10)18-2)12-13(16)14(20-15-12)5-6-19-8-14;1-16-12-4-3-10(7-13(12)17-2)11-8-14(19-15-11)5-6-18-9-14/h4-5,8,15H,6-7,9H2,1-3H3;5-6,11H,7-9H2,1-4H3;2*4-5,8,10H,6-7,9H2,1-3H3;3-4,7,13,16H,5-6,8H2,1-2H3;3-4,7H,5-6,8-9H2,1-2H3. The van der Waals surface area contributed by atoms with E-state index in [1.807, 2.05) is 85.8 Å². The maximum Gasteiger partial charge on any atom is 0.303 e. The van der Waals surface area contributed by atoms with Crippen molar-refractivity contribution in [3.8, 4) is 69.0 Å². The van der Waals surface area contributed by atoms with Crippen molar-refractivity contribution in [3.05, 3.63) is 142 Å². The van der Waals surface area contributed by atoms with E-state index in [0.29, 0.717) is 135 Å². The van der Waals surface area contributed by atoms with Gasteiger partial charge in [-0.05, 0) is 110 Å². The maximum absolute atomic E-state index is 11.5. The summed E-state index contributed by atoms with van der Waals surface area (Å²) >= 11 is 0. The fourth-order valence-corrected chi connectivity index (χ4v) is 16.7. The Kier molecular flexibility index (Phi) is 28.6. The van der Waals surface area contributed by atoms with E-state index in [2.05, 4.69) is 51.7 Å². The van der Waals surface area contributed by atoms with Gasteiger partial charge in [-0.3, -0.25) is 4.79 Å². The molecule has 12 aliphatic rings. The number of hydrogen-bond donors (Lipinski definition) is 1. The highest BCUT2D eigenvalue weighted by molar-refractivity contribution is 6.08. The average Bonchev–Trinajstić information content (AvgIpc) is 1.65. The Bertz CT molecular complexity index is 4640. The van der Waals surface area contributed by atoms with Crippen LogP contribution < -0.4 is 56.8 Å². The van der Waals surface area contributed by atoms with Crippen LogP contribution in [0.15, 0.2) is 134 Å². The van der Waals surface area contributed by atoms with Crippen LogP contribution in [0.2, 0.25) is 0 Å². The molecule has 0 radical (unpaired) electrons. The Morgan fingerprint density at radius 1 is 0.341 bits per heavy atom. The van der Waals surface area contributed by atoms with Crippen molar-refractivity contribution in [1.29, 1.82) is 0 Å². The van der Waals surface area contributed by atoms with Gasteiger partial charge in [-0.25, -0.2) is 0 Å². The molecule has 664 valence electrons. The van der Waals surface area contributed by atoms with Gasteiger partial charge in [-0.2, -0.15) is 0 Å². The number of benzene rings is 6. The van der Waals surface area contributed by atoms with Crippen LogP contribution in [0.4, 0.5) is 0 Å². The molecule has 0 saturated carbocycles. The smallest absolute Gasteiger partial charge is 0.303 e. The summed E-state index contributed by atoms with van der Waals surface area (Å²) in [6.07, 6.45) is 4.16. The van der Waals surface area contributed by atoms with E-state index in [0.717, 1.165) is 132 Å². The van der Waals surface area contributed by atoms with Crippen molar-refractivity contribution in [2.75, 3.05) is 165 Å². The predicted octanol–water partition coefficient (Wildman–Crippen LogP) is 11.5. The molecule has 0 aliphatic carbocycles. The summed E-state index contributed by atoms with van der Waals surface area (Å²) in [7, 11) is 19.3. The first-order valence-corrected chi connectivity index (χ1v) is 40.8. The normalized spacial score (nSPS) is 27.3. The minimum absolute atomic E-state index is 0.191. The monoisotopic (exact) mass is 1710 g/mol. The van der Waals surface area contributed by atoms with Gasteiger partial charge in [0.15, 0.2) is 103 Å². The highest BCUT2D eigenvalue weighted by atomic mass is 16.7. The largest absolute Gasteiger partial charge is 0.493 e. The van der Waals surface area contributed by atoms with Gasteiger partial charge >= 0.3 is 5.97 Å². The number of carbonyl (C=O) groups excluding carboxylic acids is 1. The molecule has 0 bridgehead atoms. The van der Waals surface area contributed by atoms with E-state index in [1.165, 1.54) is 6.92 Å². The summed E-state index contributed by atoms with van der Waals surface area (Å²) in [5, 5.41) is 35.8. The highest BCUT2D eigenvalue weighted by Crippen LogP contribution is 2.47. The zero-order chi connectivity index (χ0) is 87.3.